The molecule has 0 aliphatic heterocycles. The molecule has 0 spiro atoms. The van der Waals surface area contributed by atoms with E-state index in [-0.39, 0.29) is 5.56 Å². The van der Waals surface area contributed by atoms with Gasteiger partial charge in [0.1, 0.15) is 0 Å². The Morgan fingerprint density at radius 2 is 1.61 bits per heavy atom. The first-order valence-electron chi connectivity index (χ1n) is 5.55. The number of benzene rings is 2. The summed E-state index contributed by atoms with van der Waals surface area (Å²) in [6.45, 7) is 0. The fourth-order valence-corrected chi connectivity index (χ4v) is 1.93. The summed E-state index contributed by atoms with van der Waals surface area (Å²) in [5, 5.41) is 1.92. The summed E-state index contributed by atoms with van der Waals surface area (Å²) >= 11 is 0. The molecule has 0 aliphatic rings. The Balaban J connectivity index is 2.22. The van der Waals surface area contributed by atoms with Gasteiger partial charge in [-0.15, -0.1) is 0 Å². The number of hydrogen-bond acceptors (Lipinski definition) is 1. The molecule has 2 aromatic carbocycles. The molecule has 1 heterocycles. The number of hydrogen-bond donors (Lipinski definition) is 0. The van der Waals surface area contributed by atoms with Crippen molar-refractivity contribution >= 4 is 10.8 Å². The normalized spacial score (nSPS) is 10.8. The zero-order valence-corrected chi connectivity index (χ0v) is 9.40. The molecule has 1 nitrogen and oxygen atoms in total. The molecule has 0 radical (unpaired) electrons. The van der Waals surface area contributed by atoms with Gasteiger partial charge in [-0.3, -0.25) is 4.98 Å². The fourth-order valence-electron chi connectivity index (χ4n) is 1.93. The smallest absolute Gasteiger partial charge is 0.168 e. The van der Waals surface area contributed by atoms with Crippen molar-refractivity contribution in [2.75, 3.05) is 0 Å². The predicted octanol–water partition coefficient (Wildman–Crippen LogP) is 4.18. The lowest BCUT2D eigenvalue weighted by molar-refractivity contribution is 0.511. The van der Waals surface area contributed by atoms with E-state index in [0.29, 0.717) is 5.69 Å². The maximum atomic E-state index is 13.7. The Morgan fingerprint density at radius 3 is 2.44 bits per heavy atom. The minimum absolute atomic E-state index is 0.181. The van der Waals surface area contributed by atoms with Crippen LogP contribution in [0.1, 0.15) is 0 Å². The monoisotopic (exact) mass is 241 g/mol. The highest BCUT2D eigenvalue weighted by Gasteiger charge is 2.10. The van der Waals surface area contributed by atoms with Crippen molar-refractivity contribution in [3.63, 3.8) is 0 Å². The molecule has 0 aliphatic carbocycles. The number of halogens is 2. The van der Waals surface area contributed by atoms with Crippen molar-refractivity contribution in [2.24, 2.45) is 0 Å². The third kappa shape index (κ3) is 1.74. The van der Waals surface area contributed by atoms with Crippen molar-refractivity contribution in [3.8, 4) is 11.3 Å². The van der Waals surface area contributed by atoms with Crippen molar-refractivity contribution in [2.45, 2.75) is 0 Å². The van der Waals surface area contributed by atoms with Gasteiger partial charge in [0.25, 0.3) is 0 Å². The maximum absolute atomic E-state index is 13.7. The molecule has 0 saturated carbocycles. The van der Waals surface area contributed by atoms with Crippen LogP contribution in [0.25, 0.3) is 22.0 Å². The molecular formula is C15H9F2N. The zero-order valence-electron chi connectivity index (χ0n) is 9.40. The van der Waals surface area contributed by atoms with Gasteiger partial charge in [0.05, 0.1) is 5.69 Å². The van der Waals surface area contributed by atoms with Gasteiger partial charge in [0.2, 0.25) is 0 Å². The summed E-state index contributed by atoms with van der Waals surface area (Å²) in [5.74, 6) is -1.72. The summed E-state index contributed by atoms with van der Waals surface area (Å²) < 4.78 is 26.8. The number of pyridine rings is 1. The van der Waals surface area contributed by atoms with Crippen LogP contribution in [-0.4, -0.2) is 4.98 Å². The summed E-state index contributed by atoms with van der Waals surface area (Å²) in [4.78, 5) is 4.17. The topological polar surface area (TPSA) is 12.9 Å². The van der Waals surface area contributed by atoms with Crippen LogP contribution in [-0.2, 0) is 0 Å². The van der Waals surface area contributed by atoms with E-state index in [0.717, 1.165) is 16.8 Å². The van der Waals surface area contributed by atoms with E-state index in [2.05, 4.69) is 4.98 Å². The predicted molar refractivity (Wildman–Crippen MR) is 67.1 cm³/mol. The molecule has 3 rings (SSSR count). The van der Waals surface area contributed by atoms with Crippen molar-refractivity contribution in [1.29, 1.82) is 0 Å². The first-order valence-corrected chi connectivity index (χ1v) is 5.55. The molecule has 0 bridgehead atoms. The largest absolute Gasteiger partial charge is 0.255 e. The Morgan fingerprint density at radius 1 is 0.833 bits per heavy atom. The average Bonchev–Trinajstić information content (AvgIpc) is 2.41. The van der Waals surface area contributed by atoms with Crippen LogP contribution >= 0.6 is 0 Å². The zero-order chi connectivity index (χ0) is 12.5. The summed E-state index contributed by atoms with van der Waals surface area (Å²) in [6, 6.07) is 13.5. The van der Waals surface area contributed by atoms with Gasteiger partial charge in [0, 0.05) is 17.1 Å². The number of nitrogens with zero attached hydrogens (tertiary/aromatic N) is 1. The van der Waals surface area contributed by atoms with Gasteiger partial charge in [-0.25, -0.2) is 8.78 Å². The maximum Gasteiger partial charge on any atom is 0.168 e. The molecule has 0 atom stereocenters. The highest BCUT2D eigenvalue weighted by molar-refractivity contribution is 5.85. The minimum Gasteiger partial charge on any atom is -0.255 e. The lowest BCUT2D eigenvalue weighted by Gasteiger charge is -2.04. The van der Waals surface area contributed by atoms with Crippen LogP contribution in [0.3, 0.4) is 0 Å². The molecule has 0 saturated heterocycles. The number of fused-ring (bicyclic) bond motifs is 1. The van der Waals surface area contributed by atoms with E-state index < -0.39 is 11.6 Å². The lowest BCUT2D eigenvalue weighted by Crippen LogP contribution is -1.91. The van der Waals surface area contributed by atoms with Gasteiger partial charge in [-0.2, -0.15) is 0 Å². The van der Waals surface area contributed by atoms with Gasteiger partial charge >= 0.3 is 0 Å². The van der Waals surface area contributed by atoms with Crippen LogP contribution in [0.15, 0.2) is 54.7 Å². The van der Waals surface area contributed by atoms with Crippen molar-refractivity contribution in [3.05, 3.63) is 66.4 Å². The number of aromatic nitrogens is 1. The first-order chi connectivity index (χ1) is 8.75. The molecule has 0 unspecified atom stereocenters. The van der Waals surface area contributed by atoms with Crippen molar-refractivity contribution in [1.82, 2.24) is 4.98 Å². The molecule has 3 heteroatoms. The highest BCUT2D eigenvalue weighted by atomic mass is 19.2. The van der Waals surface area contributed by atoms with E-state index in [9.17, 15) is 8.78 Å². The van der Waals surface area contributed by atoms with Gasteiger partial charge in [0.15, 0.2) is 11.6 Å². The van der Waals surface area contributed by atoms with Crippen molar-refractivity contribution < 1.29 is 8.78 Å². The van der Waals surface area contributed by atoms with Gasteiger partial charge in [-0.1, -0.05) is 30.3 Å². The van der Waals surface area contributed by atoms with Crippen LogP contribution in [0.2, 0.25) is 0 Å². The van der Waals surface area contributed by atoms with Gasteiger partial charge < -0.3 is 0 Å². The standard InChI is InChI=1S/C15H9F2N/c16-13-7-3-6-12(15(13)17)14-8-10-4-1-2-5-11(10)9-18-14/h1-9H. The van der Waals surface area contributed by atoms with Crippen LogP contribution in [0.5, 0.6) is 0 Å². The summed E-state index contributed by atoms with van der Waals surface area (Å²) in [5.41, 5.74) is 0.617. The lowest BCUT2D eigenvalue weighted by atomic mass is 10.1. The fraction of sp³-hybridized carbons (Fsp3) is 0. The van der Waals surface area contributed by atoms with E-state index in [1.807, 2.05) is 24.3 Å². The van der Waals surface area contributed by atoms with E-state index >= 15 is 0 Å². The second-order valence-corrected chi connectivity index (χ2v) is 4.02. The molecule has 3 aromatic rings. The molecule has 1 aromatic heterocycles. The number of rotatable bonds is 1. The molecule has 18 heavy (non-hydrogen) atoms. The summed E-state index contributed by atoms with van der Waals surface area (Å²) in [7, 11) is 0. The first kappa shape index (κ1) is 10.8. The van der Waals surface area contributed by atoms with Gasteiger partial charge in [-0.05, 0) is 23.6 Å². The Hall–Kier alpha value is -2.29. The molecule has 0 fully saturated rings. The van der Waals surface area contributed by atoms with Crippen LogP contribution in [0, 0.1) is 11.6 Å². The van der Waals surface area contributed by atoms with Crippen LogP contribution < -0.4 is 0 Å². The second-order valence-electron chi connectivity index (χ2n) is 4.02. The quantitative estimate of drug-likeness (QED) is 0.622. The second kappa shape index (κ2) is 4.18. The summed E-state index contributed by atoms with van der Waals surface area (Å²) in [6.07, 6.45) is 1.66. The van der Waals surface area contributed by atoms with E-state index in [1.54, 1.807) is 12.3 Å². The SMILES string of the molecule is Fc1cccc(-c2cc3ccccc3cn2)c1F. The Kier molecular flexibility index (Phi) is 2.52. The molecule has 0 amide bonds. The molecule has 0 N–H and O–H groups in total. The average molecular weight is 241 g/mol. The van der Waals surface area contributed by atoms with E-state index in [1.165, 1.54) is 12.1 Å². The Bertz CT molecular complexity index is 723. The van der Waals surface area contributed by atoms with Crippen LogP contribution in [0.4, 0.5) is 8.78 Å². The minimum atomic E-state index is -0.861. The Labute approximate surface area is 103 Å². The molecule has 88 valence electrons. The highest BCUT2D eigenvalue weighted by Crippen LogP contribution is 2.25. The third-order valence-corrected chi connectivity index (χ3v) is 2.86. The third-order valence-electron chi connectivity index (χ3n) is 2.86. The van der Waals surface area contributed by atoms with E-state index in [4.69, 9.17) is 0 Å². The molecular weight excluding hydrogens is 232 g/mol.